The Kier molecular flexibility index (Phi) is 5.18. The van der Waals surface area contributed by atoms with Crippen molar-refractivity contribution in [2.24, 2.45) is 0 Å². The van der Waals surface area contributed by atoms with Gasteiger partial charge >= 0.3 is 0 Å². The summed E-state index contributed by atoms with van der Waals surface area (Å²) in [5.41, 5.74) is 1.36. The van der Waals surface area contributed by atoms with Gasteiger partial charge in [-0.3, -0.25) is 0 Å². The Balaban J connectivity index is 2.41. The van der Waals surface area contributed by atoms with E-state index >= 15 is 0 Å². The number of aliphatic hydroxyl groups excluding tert-OH is 1. The Labute approximate surface area is 99.4 Å². The van der Waals surface area contributed by atoms with Crippen LogP contribution in [0.25, 0.3) is 0 Å². The first-order chi connectivity index (χ1) is 7.53. The fourth-order valence-corrected chi connectivity index (χ4v) is 3.90. The van der Waals surface area contributed by atoms with Crippen molar-refractivity contribution in [3.63, 3.8) is 0 Å². The number of aliphatic hydroxyl groups is 1. The van der Waals surface area contributed by atoms with E-state index in [-0.39, 0.29) is 12.7 Å². The van der Waals surface area contributed by atoms with Gasteiger partial charge in [0.15, 0.2) is 8.32 Å². The molecule has 1 aromatic rings. The predicted molar refractivity (Wildman–Crippen MR) is 70.1 cm³/mol. The van der Waals surface area contributed by atoms with E-state index in [1.807, 2.05) is 13.0 Å². The van der Waals surface area contributed by atoms with Crippen molar-refractivity contribution in [1.29, 1.82) is 0 Å². The molecule has 90 valence electrons. The van der Waals surface area contributed by atoms with Gasteiger partial charge in [-0.2, -0.15) is 0 Å². The van der Waals surface area contributed by atoms with Gasteiger partial charge in [0.05, 0.1) is 12.7 Å². The molecule has 3 heteroatoms. The summed E-state index contributed by atoms with van der Waals surface area (Å²) < 4.78 is 5.90. The van der Waals surface area contributed by atoms with Crippen LogP contribution in [0.5, 0.6) is 0 Å². The molecule has 0 bridgehead atoms. The standard InChI is InChI=1S/C13H22O2Si/c1-12(11-14)15-16(2,3)10-9-13-7-5-4-6-8-13/h4-8,12,14H,9-11H2,1-3H3/t12-/m0/s1. The zero-order chi connectivity index (χ0) is 12.0. The summed E-state index contributed by atoms with van der Waals surface area (Å²) in [6.45, 7) is 6.46. The molecule has 1 atom stereocenters. The highest BCUT2D eigenvalue weighted by Crippen LogP contribution is 2.17. The summed E-state index contributed by atoms with van der Waals surface area (Å²) >= 11 is 0. The monoisotopic (exact) mass is 238 g/mol. The summed E-state index contributed by atoms with van der Waals surface area (Å²) in [6, 6.07) is 11.6. The Morgan fingerprint density at radius 3 is 2.44 bits per heavy atom. The quantitative estimate of drug-likeness (QED) is 0.772. The Hall–Kier alpha value is -0.643. The molecule has 0 unspecified atom stereocenters. The van der Waals surface area contributed by atoms with Crippen LogP contribution < -0.4 is 0 Å². The van der Waals surface area contributed by atoms with Gasteiger partial charge in [-0.15, -0.1) is 0 Å². The highest BCUT2D eigenvalue weighted by Gasteiger charge is 2.24. The molecule has 16 heavy (non-hydrogen) atoms. The van der Waals surface area contributed by atoms with Gasteiger partial charge in [0.1, 0.15) is 0 Å². The van der Waals surface area contributed by atoms with Gasteiger partial charge in [0.25, 0.3) is 0 Å². The third-order valence-corrected chi connectivity index (χ3v) is 5.13. The molecular weight excluding hydrogens is 216 g/mol. The van der Waals surface area contributed by atoms with E-state index in [1.54, 1.807) is 0 Å². The van der Waals surface area contributed by atoms with E-state index < -0.39 is 8.32 Å². The first kappa shape index (κ1) is 13.4. The van der Waals surface area contributed by atoms with E-state index in [1.165, 1.54) is 5.56 Å². The fraction of sp³-hybridized carbons (Fsp3) is 0.538. The molecule has 0 spiro atoms. The van der Waals surface area contributed by atoms with E-state index in [2.05, 4.69) is 37.4 Å². The molecule has 0 aliphatic heterocycles. The maximum Gasteiger partial charge on any atom is 0.187 e. The first-order valence-electron chi connectivity index (χ1n) is 5.86. The lowest BCUT2D eigenvalue weighted by Crippen LogP contribution is -2.36. The lowest BCUT2D eigenvalue weighted by molar-refractivity contribution is 0.122. The molecule has 0 aromatic heterocycles. The fourth-order valence-electron chi connectivity index (χ4n) is 1.73. The Morgan fingerprint density at radius 1 is 1.25 bits per heavy atom. The number of rotatable bonds is 6. The number of hydrogen-bond acceptors (Lipinski definition) is 2. The van der Waals surface area contributed by atoms with Crippen LogP contribution in [-0.4, -0.2) is 26.1 Å². The van der Waals surface area contributed by atoms with Crippen molar-refractivity contribution >= 4 is 8.32 Å². The minimum Gasteiger partial charge on any atom is -0.412 e. The minimum absolute atomic E-state index is 0.0301. The molecule has 0 aliphatic carbocycles. The van der Waals surface area contributed by atoms with E-state index in [0.717, 1.165) is 12.5 Å². The third-order valence-electron chi connectivity index (χ3n) is 2.64. The summed E-state index contributed by atoms with van der Waals surface area (Å²) in [5.74, 6) is 0. The second kappa shape index (κ2) is 6.18. The van der Waals surface area contributed by atoms with Gasteiger partial charge < -0.3 is 9.53 Å². The van der Waals surface area contributed by atoms with Gasteiger partial charge in [-0.1, -0.05) is 30.3 Å². The molecule has 1 N–H and O–H groups in total. The minimum atomic E-state index is -1.63. The van der Waals surface area contributed by atoms with Gasteiger partial charge in [-0.25, -0.2) is 0 Å². The average molecular weight is 238 g/mol. The van der Waals surface area contributed by atoms with Gasteiger partial charge in [0, 0.05) is 0 Å². The van der Waals surface area contributed by atoms with Crippen molar-refractivity contribution in [2.75, 3.05) is 6.61 Å². The van der Waals surface area contributed by atoms with Crippen LogP contribution in [0.4, 0.5) is 0 Å². The molecular formula is C13H22O2Si. The van der Waals surface area contributed by atoms with Crippen LogP contribution in [0, 0.1) is 0 Å². The van der Waals surface area contributed by atoms with Crippen molar-refractivity contribution in [3.05, 3.63) is 35.9 Å². The number of benzene rings is 1. The Morgan fingerprint density at radius 2 is 1.88 bits per heavy atom. The lowest BCUT2D eigenvalue weighted by atomic mass is 10.2. The third kappa shape index (κ3) is 4.92. The molecule has 0 saturated carbocycles. The van der Waals surface area contributed by atoms with Crippen molar-refractivity contribution < 1.29 is 9.53 Å². The van der Waals surface area contributed by atoms with Crippen LogP contribution in [0.2, 0.25) is 19.1 Å². The molecule has 0 saturated heterocycles. The van der Waals surface area contributed by atoms with Crippen LogP contribution in [-0.2, 0) is 10.8 Å². The largest absolute Gasteiger partial charge is 0.412 e. The molecule has 0 heterocycles. The highest BCUT2D eigenvalue weighted by atomic mass is 28.4. The van der Waals surface area contributed by atoms with Crippen molar-refractivity contribution in [2.45, 2.75) is 38.6 Å². The molecule has 2 nitrogen and oxygen atoms in total. The molecule has 0 aliphatic rings. The van der Waals surface area contributed by atoms with Crippen LogP contribution >= 0.6 is 0 Å². The van der Waals surface area contributed by atoms with E-state index in [9.17, 15) is 0 Å². The molecule has 0 fully saturated rings. The number of aryl methyl sites for hydroxylation is 1. The van der Waals surface area contributed by atoms with Gasteiger partial charge in [0.2, 0.25) is 0 Å². The zero-order valence-corrected chi connectivity index (χ0v) is 11.4. The first-order valence-corrected chi connectivity index (χ1v) is 8.97. The predicted octanol–water partition coefficient (Wildman–Crippen LogP) is 2.83. The van der Waals surface area contributed by atoms with E-state index in [0.29, 0.717) is 0 Å². The Bertz CT molecular complexity index is 298. The summed E-state index contributed by atoms with van der Waals surface area (Å²) in [6.07, 6.45) is 1.04. The SMILES string of the molecule is C[C@@H](CO)O[Si](C)(C)CCc1ccccc1. The summed E-state index contributed by atoms with van der Waals surface area (Å²) in [7, 11) is -1.63. The van der Waals surface area contributed by atoms with Crippen LogP contribution in [0.3, 0.4) is 0 Å². The summed E-state index contributed by atoms with van der Waals surface area (Å²) in [5, 5.41) is 8.98. The lowest BCUT2D eigenvalue weighted by Gasteiger charge is -2.26. The smallest absolute Gasteiger partial charge is 0.187 e. The van der Waals surface area contributed by atoms with Crippen molar-refractivity contribution in [3.8, 4) is 0 Å². The second-order valence-corrected chi connectivity index (χ2v) is 9.11. The zero-order valence-electron chi connectivity index (χ0n) is 10.4. The van der Waals surface area contributed by atoms with Gasteiger partial charge in [-0.05, 0) is 38.0 Å². The molecule has 0 radical (unpaired) electrons. The molecule has 1 rings (SSSR count). The number of hydrogen-bond donors (Lipinski definition) is 1. The summed E-state index contributed by atoms with van der Waals surface area (Å²) in [4.78, 5) is 0. The van der Waals surface area contributed by atoms with Crippen LogP contribution in [0.15, 0.2) is 30.3 Å². The van der Waals surface area contributed by atoms with Crippen LogP contribution in [0.1, 0.15) is 12.5 Å². The average Bonchev–Trinajstić information content (AvgIpc) is 2.27. The topological polar surface area (TPSA) is 29.5 Å². The normalized spacial score (nSPS) is 13.8. The molecule has 0 amide bonds. The second-order valence-electron chi connectivity index (χ2n) is 4.86. The maximum absolute atomic E-state index is 8.98. The van der Waals surface area contributed by atoms with Crippen molar-refractivity contribution in [1.82, 2.24) is 0 Å². The van der Waals surface area contributed by atoms with E-state index in [4.69, 9.17) is 9.53 Å². The highest BCUT2D eigenvalue weighted by molar-refractivity contribution is 6.71. The molecule has 1 aromatic carbocycles. The maximum atomic E-state index is 8.98.